The van der Waals surface area contributed by atoms with E-state index in [1.54, 1.807) is 26.8 Å². The lowest BCUT2D eigenvalue weighted by Crippen LogP contribution is -2.49. The van der Waals surface area contributed by atoms with Gasteiger partial charge in [0, 0.05) is 13.0 Å². The molecular weight excluding hydrogens is 406 g/mol. The topological polar surface area (TPSA) is 111 Å². The number of benzene rings is 2. The van der Waals surface area contributed by atoms with Gasteiger partial charge in [-0.05, 0) is 63.3 Å². The van der Waals surface area contributed by atoms with Crippen LogP contribution in [0.5, 0.6) is 5.75 Å². The first kappa shape index (κ1) is 24.7. The van der Waals surface area contributed by atoms with Gasteiger partial charge in [-0.25, -0.2) is 4.79 Å². The van der Waals surface area contributed by atoms with Gasteiger partial charge in [0.1, 0.15) is 23.5 Å². The minimum Gasteiger partial charge on any atom is -0.507 e. The summed E-state index contributed by atoms with van der Waals surface area (Å²) in [6, 6.07) is 15.7. The lowest BCUT2D eigenvalue weighted by Gasteiger charge is -2.23. The van der Waals surface area contributed by atoms with Crippen LogP contribution < -0.4 is 10.6 Å². The standard InChI is InChI=1S/C25H31N3O4/c1-25(2,3)32-24(31)28-21(16-19-12-13-22(29)20(15-19)17-26)23(30)27-14-8-7-11-18-9-5-4-6-10-18/h4-6,9-10,12-13,15,21,29H,7-8,11,14,16H2,1-3H3,(H,27,30)(H,28,31). The molecule has 0 saturated carbocycles. The summed E-state index contributed by atoms with van der Waals surface area (Å²) in [6.07, 6.45) is 2.13. The normalized spacial score (nSPS) is 11.8. The van der Waals surface area contributed by atoms with Crippen molar-refractivity contribution in [3.8, 4) is 11.8 Å². The molecule has 2 aromatic rings. The minimum absolute atomic E-state index is 0.111. The number of nitriles is 1. The quantitative estimate of drug-likeness (QED) is 0.516. The number of phenolic OH excluding ortho intramolecular Hbond substituents is 1. The molecule has 2 amide bonds. The maximum Gasteiger partial charge on any atom is 0.408 e. The molecule has 2 rings (SSSR count). The van der Waals surface area contributed by atoms with Gasteiger partial charge in [-0.2, -0.15) is 5.26 Å². The van der Waals surface area contributed by atoms with E-state index in [1.165, 1.54) is 17.7 Å². The largest absolute Gasteiger partial charge is 0.507 e. The lowest BCUT2D eigenvalue weighted by atomic mass is 10.0. The number of carbonyl (C=O) groups is 2. The van der Waals surface area contributed by atoms with Crippen LogP contribution in [-0.4, -0.2) is 35.3 Å². The molecule has 7 heteroatoms. The maximum atomic E-state index is 12.8. The Kier molecular flexibility index (Phi) is 9.08. The summed E-state index contributed by atoms with van der Waals surface area (Å²) in [5.74, 6) is -0.460. The van der Waals surface area contributed by atoms with Crippen LogP contribution >= 0.6 is 0 Å². The predicted molar refractivity (Wildman–Crippen MR) is 122 cm³/mol. The monoisotopic (exact) mass is 437 g/mol. The Morgan fingerprint density at radius 3 is 2.47 bits per heavy atom. The van der Waals surface area contributed by atoms with Crippen molar-refractivity contribution in [3.63, 3.8) is 0 Å². The first-order valence-electron chi connectivity index (χ1n) is 10.7. The van der Waals surface area contributed by atoms with Crippen LogP contribution in [0.4, 0.5) is 4.79 Å². The number of nitrogens with zero attached hydrogens (tertiary/aromatic N) is 1. The molecule has 0 radical (unpaired) electrons. The number of rotatable bonds is 9. The molecular formula is C25H31N3O4. The van der Waals surface area contributed by atoms with Crippen LogP contribution in [0.3, 0.4) is 0 Å². The maximum absolute atomic E-state index is 12.8. The van der Waals surface area contributed by atoms with Crippen LogP contribution in [-0.2, 0) is 22.4 Å². The summed E-state index contributed by atoms with van der Waals surface area (Å²) in [5.41, 5.74) is 1.30. The summed E-state index contributed by atoms with van der Waals surface area (Å²) in [4.78, 5) is 25.1. The average molecular weight is 438 g/mol. The van der Waals surface area contributed by atoms with E-state index in [4.69, 9.17) is 10.00 Å². The number of alkyl carbamates (subject to hydrolysis) is 1. The Labute approximate surface area is 189 Å². The van der Waals surface area contributed by atoms with Gasteiger partial charge in [-0.1, -0.05) is 36.4 Å². The van der Waals surface area contributed by atoms with Crippen LogP contribution in [0.1, 0.15) is 50.3 Å². The number of carbonyl (C=O) groups excluding carboxylic acids is 2. The van der Waals surface area contributed by atoms with E-state index >= 15 is 0 Å². The minimum atomic E-state index is -0.880. The summed E-state index contributed by atoms with van der Waals surface area (Å²) in [7, 11) is 0. The summed E-state index contributed by atoms with van der Waals surface area (Å²) < 4.78 is 5.29. The smallest absolute Gasteiger partial charge is 0.408 e. The zero-order chi connectivity index (χ0) is 23.6. The fourth-order valence-corrected chi connectivity index (χ4v) is 3.13. The van der Waals surface area contributed by atoms with Gasteiger partial charge >= 0.3 is 6.09 Å². The highest BCUT2D eigenvalue weighted by molar-refractivity contribution is 5.86. The molecule has 0 aliphatic carbocycles. The molecule has 1 unspecified atom stereocenters. The number of amides is 2. The van der Waals surface area contributed by atoms with Gasteiger partial charge < -0.3 is 20.5 Å². The van der Waals surface area contributed by atoms with Crippen molar-refractivity contribution in [1.29, 1.82) is 5.26 Å². The van der Waals surface area contributed by atoms with Crippen LogP contribution in [0.2, 0.25) is 0 Å². The Hall–Kier alpha value is -3.53. The van der Waals surface area contributed by atoms with Crippen molar-refractivity contribution >= 4 is 12.0 Å². The summed E-state index contributed by atoms with van der Waals surface area (Å²) in [5, 5.41) is 24.3. The third-order valence-electron chi connectivity index (χ3n) is 4.66. The molecule has 1 atom stereocenters. The number of aromatic hydroxyl groups is 1. The number of nitrogens with one attached hydrogen (secondary N) is 2. The number of ether oxygens (including phenoxy) is 1. The van der Waals surface area contributed by atoms with E-state index in [0.717, 1.165) is 19.3 Å². The Bertz CT molecular complexity index is 946. The predicted octanol–water partition coefficient (Wildman–Crippen LogP) is 3.84. The van der Waals surface area contributed by atoms with Crippen molar-refractivity contribution in [2.24, 2.45) is 0 Å². The fourth-order valence-electron chi connectivity index (χ4n) is 3.13. The number of unbranched alkanes of at least 4 members (excludes halogenated alkanes) is 1. The molecule has 0 aliphatic rings. The third-order valence-corrected chi connectivity index (χ3v) is 4.66. The lowest BCUT2D eigenvalue weighted by molar-refractivity contribution is -0.123. The molecule has 0 aliphatic heterocycles. The van der Waals surface area contributed by atoms with Crippen molar-refractivity contribution in [2.75, 3.05) is 6.54 Å². The van der Waals surface area contributed by atoms with E-state index in [0.29, 0.717) is 12.1 Å². The van der Waals surface area contributed by atoms with Crippen LogP contribution in [0, 0.1) is 11.3 Å². The molecule has 0 heterocycles. The van der Waals surface area contributed by atoms with Crippen molar-refractivity contribution in [3.05, 3.63) is 65.2 Å². The van der Waals surface area contributed by atoms with Crippen molar-refractivity contribution in [2.45, 2.75) is 58.1 Å². The Morgan fingerprint density at radius 1 is 1.09 bits per heavy atom. The molecule has 32 heavy (non-hydrogen) atoms. The SMILES string of the molecule is CC(C)(C)OC(=O)NC(Cc1ccc(O)c(C#N)c1)C(=O)NCCCCc1ccccc1. The highest BCUT2D eigenvalue weighted by Crippen LogP contribution is 2.18. The van der Waals surface area contributed by atoms with E-state index in [-0.39, 0.29) is 23.6 Å². The highest BCUT2D eigenvalue weighted by Gasteiger charge is 2.24. The second kappa shape index (κ2) is 11.8. The highest BCUT2D eigenvalue weighted by atomic mass is 16.6. The molecule has 0 spiro atoms. The van der Waals surface area contributed by atoms with Crippen molar-refractivity contribution in [1.82, 2.24) is 10.6 Å². The number of aryl methyl sites for hydroxylation is 1. The van der Waals surface area contributed by atoms with E-state index < -0.39 is 17.7 Å². The number of hydrogen-bond donors (Lipinski definition) is 3. The second-order valence-corrected chi connectivity index (χ2v) is 8.60. The first-order chi connectivity index (χ1) is 15.2. The number of hydrogen-bond acceptors (Lipinski definition) is 5. The summed E-state index contributed by atoms with van der Waals surface area (Å²) in [6.45, 7) is 5.71. The van der Waals surface area contributed by atoms with Gasteiger partial charge in [0.05, 0.1) is 5.56 Å². The van der Waals surface area contributed by atoms with Crippen LogP contribution in [0.25, 0.3) is 0 Å². The average Bonchev–Trinajstić information content (AvgIpc) is 2.73. The van der Waals surface area contributed by atoms with Crippen LogP contribution in [0.15, 0.2) is 48.5 Å². The van der Waals surface area contributed by atoms with Gasteiger partial charge in [-0.3, -0.25) is 4.79 Å². The zero-order valence-corrected chi connectivity index (χ0v) is 18.9. The molecule has 2 aromatic carbocycles. The molecule has 0 saturated heterocycles. The van der Waals surface area contributed by atoms with Crippen molar-refractivity contribution < 1.29 is 19.4 Å². The molecule has 0 aromatic heterocycles. The third kappa shape index (κ3) is 8.68. The first-order valence-corrected chi connectivity index (χ1v) is 10.7. The molecule has 7 nitrogen and oxygen atoms in total. The van der Waals surface area contributed by atoms with Gasteiger partial charge in [-0.15, -0.1) is 0 Å². The zero-order valence-electron chi connectivity index (χ0n) is 18.9. The number of phenols is 1. The summed E-state index contributed by atoms with van der Waals surface area (Å²) >= 11 is 0. The fraction of sp³-hybridized carbons (Fsp3) is 0.400. The molecule has 170 valence electrons. The Balaban J connectivity index is 1.96. The van der Waals surface area contributed by atoms with Gasteiger partial charge in [0.25, 0.3) is 0 Å². The Morgan fingerprint density at radius 2 is 1.81 bits per heavy atom. The molecule has 0 bridgehead atoms. The molecule has 3 N–H and O–H groups in total. The van der Waals surface area contributed by atoms with E-state index in [9.17, 15) is 14.7 Å². The van der Waals surface area contributed by atoms with Gasteiger partial charge in [0.2, 0.25) is 5.91 Å². The second-order valence-electron chi connectivity index (χ2n) is 8.60. The molecule has 0 fully saturated rings. The van der Waals surface area contributed by atoms with Gasteiger partial charge in [0.15, 0.2) is 0 Å². The van der Waals surface area contributed by atoms with E-state index in [2.05, 4.69) is 22.8 Å². The van der Waals surface area contributed by atoms with E-state index in [1.807, 2.05) is 24.3 Å².